The highest BCUT2D eigenvalue weighted by molar-refractivity contribution is 8.02. The number of thioether (sulfide) groups is 1. The first-order chi connectivity index (χ1) is 16.3. The van der Waals surface area contributed by atoms with Crippen LogP contribution < -0.4 is 0 Å². The molecule has 0 aromatic rings. The van der Waals surface area contributed by atoms with E-state index in [1.165, 1.54) is 0 Å². The van der Waals surface area contributed by atoms with E-state index in [1.807, 2.05) is 23.1 Å². The molecule has 0 aromatic carbocycles. The summed E-state index contributed by atoms with van der Waals surface area (Å²) in [5.41, 5.74) is -0.438. The molecule has 1 N–H and O–H groups in total. The standard InChI is InChI=1S/C27H40N2O5S/c1-17(15-30)29-21-23(32)28(26(5,6)16-25(2,3)4)13-10-12-27(21)20(22(29)31)19-18(35-27)11-8-7-9-14-34-24(19)33/h8,10-12,17-21,30H,7,9,13-16H2,1-6H3/b11-8-/t17-,18+,19-,20+,21?,27+/m1/s1. The average molecular weight is 505 g/mol. The minimum Gasteiger partial charge on any atom is -0.465 e. The maximum atomic E-state index is 14.4. The van der Waals surface area contributed by atoms with Crippen molar-refractivity contribution < 1.29 is 24.2 Å². The zero-order chi connectivity index (χ0) is 25.8. The van der Waals surface area contributed by atoms with Gasteiger partial charge in [-0.25, -0.2) is 0 Å². The summed E-state index contributed by atoms with van der Waals surface area (Å²) < 4.78 is 4.70. The Bertz CT molecular complexity index is 938. The summed E-state index contributed by atoms with van der Waals surface area (Å²) in [5, 5.41) is 9.82. The van der Waals surface area contributed by atoms with E-state index in [2.05, 4.69) is 40.7 Å². The molecule has 1 unspecified atom stereocenters. The molecule has 6 atom stereocenters. The number of fused-ring (bicyclic) bond motifs is 2. The number of hydrogen-bond acceptors (Lipinski definition) is 6. The largest absolute Gasteiger partial charge is 0.465 e. The van der Waals surface area contributed by atoms with Crippen LogP contribution in [-0.4, -0.2) is 80.1 Å². The number of aliphatic hydroxyl groups excluding tert-OH is 1. The van der Waals surface area contributed by atoms with Crippen LogP contribution in [0.15, 0.2) is 24.3 Å². The van der Waals surface area contributed by atoms with Gasteiger partial charge < -0.3 is 19.6 Å². The summed E-state index contributed by atoms with van der Waals surface area (Å²) in [6.45, 7) is 12.9. The van der Waals surface area contributed by atoms with Crippen molar-refractivity contribution in [3.63, 3.8) is 0 Å². The van der Waals surface area contributed by atoms with Gasteiger partial charge in [0, 0.05) is 17.3 Å². The number of aliphatic hydroxyl groups is 1. The molecule has 0 saturated carbocycles. The molecule has 2 fully saturated rings. The van der Waals surface area contributed by atoms with Gasteiger partial charge in [-0.2, -0.15) is 0 Å². The van der Waals surface area contributed by atoms with E-state index in [0.717, 1.165) is 19.3 Å². The number of allylic oxidation sites excluding steroid dienone is 1. The quantitative estimate of drug-likeness (QED) is 0.468. The maximum absolute atomic E-state index is 14.4. The molecular formula is C27H40N2O5S. The van der Waals surface area contributed by atoms with E-state index in [0.29, 0.717) is 13.2 Å². The Labute approximate surface area is 213 Å². The lowest BCUT2D eigenvalue weighted by atomic mass is 9.78. The van der Waals surface area contributed by atoms with E-state index < -0.39 is 34.2 Å². The Balaban J connectivity index is 1.83. The number of carbonyl (C=O) groups excluding carboxylic acids is 3. The average Bonchev–Trinajstić information content (AvgIpc) is 3.16. The third-order valence-electron chi connectivity index (χ3n) is 7.72. The van der Waals surface area contributed by atoms with Gasteiger partial charge in [0.05, 0.1) is 35.8 Å². The first kappa shape index (κ1) is 26.3. The highest BCUT2D eigenvalue weighted by atomic mass is 32.2. The Morgan fingerprint density at radius 3 is 2.54 bits per heavy atom. The van der Waals surface area contributed by atoms with Crippen molar-refractivity contribution >= 4 is 29.5 Å². The van der Waals surface area contributed by atoms with Crippen molar-refractivity contribution in [2.45, 2.75) is 88.4 Å². The van der Waals surface area contributed by atoms with Crippen molar-refractivity contribution in [1.29, 1.82) is 0 Å². The predicted molar refractivity (Wildman–Crippen MR) is 137 cm³/mol. The molecule has 4 rings (SSSR count). The van der Waals surface area contributed by atoms with Crippen LogP contribution in [0.2, 0.25) is 0 Å². The van der Waals surface area contributed by atoms with Gasteiger partial charge in [0.25, 0.3) is 0 Å². The summed E-state index contributed by atoms with van der Waals surface area (Å²) in [7, 11) is 0. The molecule has 0 aromatic heterocycles. The van der Waals surface area contributed by atoms with Crippen LogP contribution in [0.4, 0.5) is 0 Å². The molecular weight excluding hydrogens is 464 g/mol. The summed E-state index contributed by atoms with van der Waals surface area (Å²) >= 11 is 1.54. The third-order valence-corrected chi connectivity index (χ3v) is 9.47. The summed E-state index contributed by atoms with van der Waals surface area (Å²) in [5.74, 6) is -2.09. The number of esters is 1. The fourth-order valence-corrected chi connectivity index (χ4v) is 8.68. The zero-order valence-corrected chi connectivity index (χ0v) is 22.6. The van der Waals surface area contributed by atoms with Gasteiger partial charge in [0.15, 0.2) is 0 Å². The molecule has 35 heavy (non-hydrogen) atoms. The van der Waals surface area contributed by atoms with E-state index in [-0.39, 0.29) is 35.1 Å². The van der Waals surface area contributed by atoms with Crippen LogP contribution >= 0.6 is 11.8 Å². The molecule has 0 bridgehead atoms. The molecule has 8 heteroatoms. The Morgan fingerprint density at radius 1 is 1.17 bits per heavy atom. The van der Waals surface area contributed by atoms with Crippen LogP contribution in [0.25, 0.3) is 0 Å². The molecule has 1 spiro atoms. The molecule has 2 amide bonds. The van der Waals surface area contributed by atoms with Crippen LogP contribution in [0.3, 0.4) is 0 Å². The van der Waals surface area contributed by atoms with Crippen LogP contribution in [0.5, 0.6) is 0 Å². The number of amides is 2. The second-order valence-corrected chi connectivity index (χ2v) is 13.7. The first-order valence-electron chi connectivity index (χ1n) is 12.8. The highest BCUT2D eigenvalue weighted by Gasteiger charge is 2.71. The van der Waals surface area contributed by atoms with Crippen molar-refractivity contribution in [1.82, 2.24) is 9.80 Å². The number of carbonyl (C=O) groups is 3. The SMILES string of the molecule is C[C@H](CO)N1C(=O)[C@@H]2[C@@H]3C(=O)OCCC/C=C\[C@@H]3S[C@@]23C=CCN(C(C)(C)CC(C)(C)C)C(=O)C13. The van der Waals surface area contributed by atoms with Crippen LogP contribution in [0.1, 0.15) is 60.8 Å². The van der Waals surface area contributed by atoms with Crippen molar-refractivity contribution in [3.05, 3.63) is 24.3 Å². The van der Waals surface area contributed by atoms with Gasteiger partial charge >= 0.3 is 5.97 Å². The first-order valence-corrected chi connectivity index (χ1v) is 13.7. The lowest BCUT2D eigenvalue weighted by Crippen LogP contribution is -2.60. The van der Waals surface area contributed by atoms with E-state index in [9.17, 15) is 19.5 Å². The number of hydrogen-bond donors (Lipinski definition) is 1. The number of rotatable bonds is 4. The Morgan fingerprint density at radius 2 is 1.89 bits per heavy atom. The Hall–Kier alpha value is -1.80. The molecule has 4 heterocycles. The minimum absolute atomic E-state index is 0.00417. The highest BCUT2D eigenvalue weighted by Crippen LogP contribution is 2.61. The van der Waals surface area contributed by atoms with Gasteiger partial charge in [0.1, 0.15) is 6.04 Å². The molecule has 2 saturated heterocycles. The van der Waals surface area contributed by atoms with E-state index >= 15 is 0 Å². The van der Waals surface area contributed by atoms with Gasteiger partial charge in [-0.15, -0.1) is 11.8 Å². The second kappa shape index (κ2) is 9.25. The molecule has 4 aliphatic heterocycles. The van der Waals surface area contributed by atoms with Crippen molar-refractivity contribution in [3.8, 4) is 0 Å². The third kappa shape index (κ3) is 4.45. The van der Waals surface area contributed by atoms with Gasteiger partial charge in [-0.1, -0.05) is 45.1 Å². The van der Waals surface area contributed by atoms with Gasteiger partial charge in [-0.3, -0.25) is 14.4 Å². The maximum Gasteiger partial charge on any atom is 0.311 e. The molecule has 194 valence electrons. The lowest BCUT2D eigenvalue weighted by molar-refractivity contribution is -0.153. The fraction of sp³-hybridized carbons (Fsp3) is 0.741. The van der Waals surface area contributed by atoms with E-state index in [4.69, 9.17) is 4.74 Å². The smallest absolute Gasteiger partial charge is 0.311 e. The summed E-state index contributed by atoms with van der Waals surface area (Å²) in [6.07, 6.45) is 10.5. The molecule has 0 radical (unpaired) electrons. The zero-order valence-electron chi connectivity index (χ0n) is 21.8. The molecule has 7 nitrogen and oxygen atoms in total. The Kier molecular flexibility index (Phi) is 6.95. The number of nitrogens with zero attached hydrogens (tertiary/aromatic N) is 2. The molecule has 0 aliphatic carbocycles. The van der Waals surface area contributed by atoms with Crippen molar-refractivity contribution in [2.24, 2.45) is 17.3 Å². The van der Waals surface area contributed by atoms with Gasteiger partial charge in [0.2, 0.25) is 11.8 Å². The monoisotopic (exact) mass is 504 g/mol. The fourth-order valence-electron chi connectivity index (χ4n) is 6.69. The number of cyclic esters (lactones) is 1. The summed E-state index contributed by atoms with van der Waals surface area (Å²) in [4.78, 5) is 45.2. The van der Waals surface area contributed by atoms with Crippen LogP contribution in [0, 0.1) is 17.3 Å². The predicted octanol–water partition coefficient (Wildman–Crippen LogP) is 3.17. The number of likely N-dealkylation sites (tertiary alicyclic amines) is 1. The van der Waals surface area contributed by atoms with Gasteiger partial charge in [-0.05, 0) is 45.4 Å². The molecule has 4 aliphatic rings. The topological polar surface area (TPSA) is 87.2 Å². The normalized spacial score (nSPS) is 35.3. The number of ether oxygens (including phenoxy) is 1. The lowest BCUT2D eigenvalue weighted by Gasteiger charge is -2.45. The van der Waals surface area contributed by atoms with Crippen molar-refractivity contribution in [2.75, 3.05) is 19.8 Å². The summed E-state index contributed by atoms with van der Waals surface area (Å²) in [6, 6.07) is -1.33. The second-order valence-electron chi connectivity index (χ2n) is 12.3. The van der Waals surface area contributed by atoms with E-state index in [1.54, 1.807) is 23.6 Å². The van der Waals surface area contributed by atoms with Crippen LogP contribution in [-0.2, 0) is 19.1 Å². The minimum atomic E-state index is -0.887.